The topological polar surface area (TPSA) is 75.0 Å². The highest BCUT2D eigenvalue weighted by molar-refractivity contribution is 5.90. The number of hydrogen-bond donors (Lipinski definition) is 2. The van der Waals surface area contributed by atoms with Crippen LogP contribution in [-0.2, 0) is 4.74 Å². The summed E-state index contributed by atoms with van der Waals surface area (Å²) < 4.78 is 4.81. The number of rotatable bonds is 3. The molecule has 0 saturated heterocycles. The number of nitrogens with one attached hydrogen (secondary N) is 2. The standard InChI is InChI=1S/C9H12N2O3/c1-2-14-9(13)6-7(5-3-4-5)10-11-8(6)12/h5H,2-4H2,1H3,(H2,10,11,12). The fourth-order valence-electron chi connectivity index (χ4n) is 1.46. The fraction of sp³-hybridized carbons (Fsp3) is 0.556. The molecule has 2 rings (SSSR count). The monoisotopic (exact) mass is 196 g/mol. The van der Waals surface area contributed by atoms with Crippen molar-refractivity contribution in [1.29, 1.82) is 0 Å². The summed E-state index contributed by atoms with van der Waals surface area (Å²) in [5.74, 6) is -0.203. The summed E-state index contributed by atoms with van der Waals surface area (Å²) in [4.78, 5) is 22.7. The summed E-state index contributed by atoms with van der Waals surface area (Å²) in [5, 5.41) is 5.15. The average Bonchev–Trinajstić information content (AvgIpc) is 2.90. The molecule has 14 heavy (non-hydrogen) atoms. The first-order valence-electron chi connectivity index (χ1n) is 4.71. The lowest BCUT2D eigenvalue weighted by atomic mass is 10.2. The minimum atomic E-state index is -0.531. The Balaban J connectivity index is 2.34. The number of carbonyl (C=O) groups is 1. The zero-order valence-electron chi connectivity index (χ0n) is 7.92. The summed E-state index contributed by atoms with van der Waals surface area (Å²) in [5.41, 5.74) is 0.466. The zero-order valence-corrected chi connectivity index (χ0v) is 7.92. The number of hydrogen-bond acceptors (Lipinski definition) is 3. The molecule has 1 saturated carbocycles. The van der Waals surface area contributed by atoms with Gasteiger partial charge >= 0.3 is 5.97 Å². The van der Waals surface area contributed by atoms with Crippen LogP contribution in [0.4, 0.5) is 0 Å². The van der Waals surface area contributed by atoms with Crippen LogP contribution in [0, 0.1) is 0 Å². The third-order valence-corrected chi connectivity index (χ3v) is 2.27. The second-order valence-electron chi connectivity index (χ2n) is 3.36. The van der Waals surface area contributed by atoms with Crippen molar-refractivity contribution >= 4 is 5.97 Å². The molecule has 1 aliphatic carbocycles. The maximum atomic E-state index is 11.4. The molecule has 0 unspecified atom stereocenters. The first kappa shape index (κ1) is 9.05. The number of H-pyrrole nitrogens is 2. The van der Waals surface area contributed by atoms with Gasteiger partial charge in [-0.2, -0.15) is 0 Å². The van der Waals surface area contributed by atoms with Crippen molar-refractivity contribution in [2.75, 3.05) is 6.61 Å². The van der Waals surface area contributed by atoms with Gasteiger partial charge in [0.2, 0.25) is 0 Å². The Bertz CT molecular complexity index is 400. The van der Waals surface area contributed by atoms with Gasteiger partial charge in [-0.1, -0.05) is 0 Å². The summed E-state index contributed by atoms with van der Waals surface area (Å²) in [7, 11) is 0. The van der Waals surface area contributed by atoms with E-state index in [1.165, 1.54) is 0 Å². The van der Waals surface area contributed by atoms with Crippen LogP contribution in [0.5, 0.6) is 0 Å². The summed E-state index contributed by atoms with van der Waals surface area (Å²) in [6, 6.07) is 0. The number of esters is 1. The van der Waals surface area contributed by atoms with E-state index in [0.29, 0.717) is 11.6 Å². The molecule has 0 atom stereocenters. The number of aromatic nitrogens is 2. The maximum absolute atomic E-state index is 11.4. The van der Waals surface area contributed by atoms with Crippen molar-refractivity contribution in [3.63, 3.8) is 0 Å². The van der Waals surface area contributed by atoms with Crippen LogP contribution in [0.1, 0.15) is 41.7 Å². The molecule has 1 fully saturated rings. The molecule has 5 nitrogen and oxygen atoms in total. The van der Waals surface area contributed by atoms with E-state index in [1.807, 2.05) is 0 Å². The molecule has 1 aromatic heterocycles. The predicted octanol–water partition coefficient (Wildman–Crippen LogP) is 0.757. The lowest BCUT2D eigenvalue weighted by Gasteiger charge is -1.99. The lowest BCUT2D eigenvalue weighted by molar-refractivity contribution is 0.0523. The van der Waals surface area contributed by atoms with Gasteiger partial charge in [-0.05, 0) is 19.8 Å². The van der Waals surface area contributed by atoms with Crippen LogP contribution in [0.15, 0.2) is 4.79 Å². The normalized spacial score (nSPS) is 15.5. The molecule has 2 N–H and O–H groups in total. The van der Waals surface area contributed by atoms with Crippen LogP contribution in [0.25, 0.3) is 0 Å². The molecule has 0 radical (unpaired) electrons. The smallest absolute Gasteiger partial charge is 0.345 e. The minimum Gasteiger partial charge on any atom is -0.462 e. The molecule has 0 aromatic carbocycles. The average molecular weight is 196 g/mol. The van der Waals surface area contributed by atoms with Crippen LogP contribution in [0.2, 0.25) is 0 Å². The second-order valence-corrected chi connectivity index (χ2v) is 3.36. The molecule has 1 aliphatic rings. The summed E-state index contributed by atoms with van der Waals surface area (Å²) >= 11 is 0. The van der Waals surface area contributed by atoms with Crippen molar-refractivity contribution in [3.8, 4) is 0 Å². The van der Waals surface area contributed by atoms with E-state index < -0.39 is 5.97 Å². The molecule has 0 amide bonds. The Morgan fingerprint density at radius 2 is 2.21 bits per heavy atom. The van der Waals surface area contributed by atoms with Crippen molar-refractivity contribution in [3.05, 3.63) is 21.6 Å². The number of carbonyl (C=O) groups excluding carboxylic acids is 1. The highest BCUT2D eigenvalue weighted by Crippen LogP contribution is 2.39. The highest BCUT2D eigenvalue weighted by atomic mass is 16.5. The van der Waals surface area contributed by atoms with Crippen molar-refractivity contribution < 1.29 is 9.53 Å². The van der Waals surface area contributed by atoms with E-state index in [9.17, 15) is 9.59 Å². The lowest BCUT2D eigenvalue weighted by Crippen LogP contribution is -2.16. The van der Waals surface area contributed by atoms with Crippen LogP contribution in [0.3, 0.4) is 0 Å². The van der Waals surface area contributed by atoms with Gasteiger partial charge in [0.25, 0.3) is 5.56 Å². The van der Waals surface area contributed by atoms with Gasteiger partial charge in [-0.3, -0.25) is 9.89 Å². The first-order chi connectivity index (χ1) is 6.74. The van der Waals surface area contributed by atoms with Crippen molar-refractivity contribution in [2.24, 2.45) is 0 Å². The maximum Gasteiger partial charge on any atom is 0.345 e. The quantitative estimate of drug-likeness (QED) is 0.701. The van der Waals surface area contributed by atoms with Gasteiger partial charge in [0.05, 0.1) is 12.3 Å². The van der Waals surface area contributed by atoms with Gasteiger partial charge in [-0.25, -0.2) is 4.79 Å². The van der Waals surface area contributed by atoms with E-state index in [2.05, 4.69) is 10.2 Å². The third kappa shape index (κ3) is 1.45. The van der Waals surface area contributed by atoms with Gasteiger partial charge in [0.15, 0.2) is 0 Å². The summed E-state index contributed by atoms with van der Waals surface area (Å²) in [6.45, 7) is 2.00. The predicted molar refractivity (Wildman–Crippen MR) is 49.3 cm³/mol. The Labute approximate surface area is 80.4 Å². The van der Waals surface area contributed by atoms with Gasteiger partial charge in [0, 0.05) is 5.92 Å². The minimum absolute atomic E-state index is 0.148. The van der Waals surface area contributed by atoms with Crippen molar-refractivity contribution in [2.45, 2.75) is 25.7 Å². The summed E-state index contributed by atoms with van der Waals surface area (Å²) in [6.07, 6.45) is 2.06. The highest BCUT2D eigenvalue weighted by Gasteiger charge is 2.32. The molecular formula is C9H12N2O3. The Morgan fingerprint density at radius 1 is 1.50 bits per heavy atom. The van der Waals surface area contributed by atoms with Gasteiger partial charge < -0.3 is 9.84 Å². The third-order valence-electron chi connectivity index (χ3n) is 2.27. The van der Waals surface area contributed by atoms with E-state index in [-0.39, 0.29) is 17.7 Å². The molecule has 76 valence electrons. The molecule has 0 spiro atoms. The number of ether oxygens (including phenoxy) is 1. The second kappa shape index (κ2) is 3.32. The Morgan fingerprint density at radius 3 is 2.79 bits per heavy atom. The molecule has 0 bridgehead atoms. The zero-order chi connectivity index (χ0) is 10.1. The Hall–Kier alpha value is -1.52. The SMILES string of the molecule is CCOC(=O)c1c(C2CC2)[nH][nH]c1=O. The number of aromatic amines is 2. The van der Waals surface area contributed by atoms with Crippen LogP contribution < -0.4 is 5.56 Å². The molecule has 1 aromatic rings. The largest absolute Gasteiger partial charge is 0.462 e. The van der Waals surface area contributed by atoms with E-state index in [4.69, 9.17) is 4.74 Å². The van der Waals surface area contributed by atoms with Crippen LogP contribution in [-0.4, -0.2) is 22.8 Å². The van der Waals surface area contributed by atoms with Gasteiger partial charge in [0.1, 0.15) is 5.56 Å². The van der Waals surface area contributed by atoms with Gasteiger partial charge in [-0.15, -0.1) is 0 Å². The first-order valence-corrected chi connectivity index (χ1v) is 4.71. The van der Waals surface area contributed by atoms with E-state index in [0.717, 1.165) is 12.8 Å². The molecule has 0 aliphatic heterocycles. The molecular weight excluding hydrogens is 184 g/mol. The Kier molecular flexibility index (Phi) is 2.15. The van der Waals surface area contributed by atoms with Crippen LogP contribution >= 0.6 is 0 Å². The van der Waals surface area contributed by atoms with Crippen molar-refractivity contribution in [1.82, 2.24) is 10.2 Å². The molecule has 1 heterocycles. The van der Waals surface area contributed by atoms with E-state index >= 15 is 0 Å². The fourth-order valence-corrected chi connectivity index (χ4v) is 1.46. The molecule has 5 heteroatoms. The van der Waals surface area contributed by atoms with E-state index in [1.54, 1.807) is 6.92 Å².